The van der Waals surface area contributed by atoms with E-state index < -0.39 is 48.2 Å². The SMILES string of the molecule is C=C/C(=C\C(=C/C)C(=O)NCCCCCCCCCCC(=O)O)NC(=O)C(CSCC(=O)NCC(=O)NCC(=O)NCC(=O)NCC)NC(N)=O. The van der Waals surface area contributed by atoms with Crippen molar-refractivity contribution in [1.82, 2.24) is 37.2 Å². The third-order valence-corrected chi connectivity index (χ3v) is 7.87. The largest absolute Gasteiger partial charge is 0.481 e. The van der Waals surface area contributed by atoms with E-state index in [4.69, 9.17) is 10.8 Å². The van der Waals surface area contributed by atoms with Gasteiger partial charge in [-0.25, -0.2) is 4.79 Å². The van der Waals surface area contributed by atoms with Gasteiger partial charge in [0.2, 0.25) is 29.5 Å². The van der Waals surface area contributed by atoms with Crippen LogP contribution in [0.4, 0.5) is 4.79 Å². The zero-order valence-corrected chi connectivity index (χ0v) is 30.3. The Hall–Kier alpha value is -4.87. The van der Waals surface area contributed by atoms with Gasteiger partial charge < -0.3 is 48.1 Å². The van der Waals surface area contributed by atoms with E-state index in [0.29, 0.717) is 19.5 Å². The summed E-state index contributed by atoms with van der Waals surface area (Å²) < 4.78 is 0. The van der Waals surface area contributed by atoms with Crippen molar-refractivity contribution < 1.29 is 43.5 Å². The van der Waals surface area contributed by atoms with E-state index in [2.05, 4.69) is 43.8 Å². The molecule has 1 atom stereocenters. The maximum Gasteiger partial charge on any atom is 0.312 e. The number of carbonyl (C=O) groups is 8. The number of nitrogens with two attached hydrogens (primary N) is 1. The van der Waals surface area contributed by atoms with Crippen LogP contribution in [0.2, 0.25) is 0 Å². The highest BCUT2D eigenvalue weighted by molar-refractivity contribution is 8.00. The average Bonchev–Trinajstić information content (AvgIpc) is 3.08. The second kappa shape index (κ2) is 28.9. The lowest BCUT2D eigenvalue weighted by Gasteiger charge is -2.17. The Balaban J connectivity index is 4.67. The van der Waals surface area contributed by atoms with Crippen LogP contribution >= 0.6 is 11.8 Å². The van der Waals surface area contributed by atoms with Crippen LogP contribution in [0.15, 0.2) is 36.1 Å². The lowest BCUT2D eigenvalue weighted by Crippen LogP contribution is -2.50. The number of likely N-dealkylation sites (N-methyl/N-ethyl adjacent to an activating group) is 1. The minimum Gasteiger partial charge on any atom is -0.481 e. The molecule has 0 aromatic heterocycles. The summed E-state index contributed by atoms with van der Waals surface area (Å²) in [7, 11) is 0. The molecule has 0 bridgehead atoms. The van der Waals surface area contributed by atoms with Crippen LogP contribution < -0.4 is 43.0 Å². The number of primary amides is 1. The summed E-state index contributed by atoms with van der Waals surface area (Å²) in [4.78, 5) is 95.1. The van der Waals surface area contributed by atoms with Gasteiger partial charge in [-0.2, -0.15) is 0 Å². The molecule has 0 aromatic rings. The van der Waals surface area contributed by atoms with Gasteiger partial charge in [0.05, 0.1) is 25.4 Å². The van der Waals surface area contributed by atoms with E-state index >= 15 is 0 Å². The van der Waals surface area contributed by atoms with Crippen LogP contribution in [0.5, 0.6) is 0 Å². The first kappa shape index (κ1) is 46.1. The summed E-state index contributed by atoms with van der Waals surface area (Å²) in [5, 5.41) is 25.9. The van der Waals surface area contributed by atoms with Crippen molar-refractivity contribution in [3.8, 4) is 0 Å². The standard InChI is InChI=1S/C33H54N8O9S/c1-4-23(31(48)36-16-14-12-10-8-7-9-11-13-15-30(46)47)17-24(5-2)40-32(49)25(41-33(34)50)21-51-22-29(45)39-20-28(44)38-19-27(43)37-18-26(42)35-6-3/h4-5,17,25H,2,6-16,18-22H2,1,3H3,(H,35,42)(H,36,48)(H,37,43)(H,38,44)(H,39,45)(H,40,49)(H,46,47)(H3,34,41,50)/b23-4+,24-17+. The number of carboxylic acids is 1. The predicted octanol–water partition coefficient (Wildman–Crippen LogP) is 0.0853. The molecule has 18 heteroatoms. The fraction of sp³-hybridized carbons (Fsp3) is 0.576. The van der Waals surface area contributed by atoms with Gasteiger partial charge in [-0.15, -0.1) is 11.8 Å². The topological polar surface area (TPSA) is 267 Å². The number of carbonyl (C=O) groups excluding carboxylic acids is 7. The van der Waals surface area contributed by atoms with Crippen LogP contribution in [0.3, 0.4) is 0 Å². The normalized spacial score (nSPS) is 11.7. The molecule has 0 aromatic carbocycles. The number of rotatable bonds is 28. The highest BCUT2D eigenvalue weighted by atomic mass is 32.2. The van der Waals surface area contributed by atoms with E-state index in [1.54, 1.807) is 19.9 Å². The number of amides is 8. The molecule has 1 unspecified atom stereocenters. The Bertz CT molecular complexity index is 1260. The molecule has 0 radical (unpaired) electrons. The van der Waals surface area contributed by atoms with Crippen LogP contribution in [0.1, 0.15) is 71.6 Å². The summed E-state index contributed by atoms with van der Waals surface area (Å²) in [5.74, 6) is -4.15. The van der Waals surface area contributed by atoms with E-state index in [-0.39, 0.29) is 54.1 Å². The molecule has 0 spiro atoms. The highest BCUT2D eigenvalue weighted by Crippen LogP contribution is 2.10. The van der Waals surface area contributed by atoms with Crippen molar-refractivity contribution in [2.24, 2.45) is 5.73 Å². The lowest BCUT2D eigenvalue weighted by atomic mass is 10.1. The van der Waals surface area contributed by atoms with Crippen LogP contribution in [0.25, 0.3) is 0 Å². The molecule has 0 aliphatic rings. The van der Waals surface area contributed by atoms with Crippen molar-refractivity contribution >= 4 is 59.2 Å². The van der Waals surface area contributed by atoms with E-state index in [0.717, 1.165) is 56.7 Å². The monoisotopic (exact) mass is 738 g/mol. The number of urea groups is 1. The summed E-state index contributed by atoms with van der Waals surface area (Å²) >= 11 is 0.985. The molecule has 286 valence electrons. The van der Waals surface area contributed by atoms with Gasteiger partial charge in [-0.3, -0.25) is 33.6 Å². The fourth-order valence-corrected chi connectivity index (χ4v) is 5.06. The number of aliphatic carboxylic acids is 1. The number of thioether (sulfide) groups is 1. The molecular weight excluding hydrogens is 684 g/mol. The Morgan fingerprint density at radius 3 is 1.80 bits per heavy atom. The molecule has 0 rings (SSSR count). The Morgan fingerprint density at radius 1 is 0.765 bits per heavy atom. The fourth-order valence-electron chi connectivity index (χ4n) is 4.19. The highest BCUT2D eigenvalue weighted by Gasteiger charge is 2.21. The number of hydrogen-bond donors (Lipinski definition) is 9. The molecule has 0 aliphatic heterocycles. The summed E-state index contributed by atoms with van der Waals surface area (Å²) in [5.41, 5.74) is 5.71. The van der Waals surface area contributed by atoms with Gasteiger partial charge >= 0.3 is 12.0 Å². The second-order valence-corrected chi connectivity index (χ2v) is 12.2. The number of allylic oxidation sites excluding steroid dienone is 2. The average molecular weight is 739 g/mol. The Morgan fingerprint density at radius 2 is 1.29 bits per heavy atom. The number of nitrogens with one attached hydrogen (secondary N) is 7. The molecule has 0 saturated carbocycles. The molecule has 0 aliphatic carbocycles. The van der Waals surface area contributed by atoms with Crippen molar-refractivity contribution in [2.45, 2.75) is 77.7 Å². The minimum atomic E-state index is -1.16. The lowest BCUT2D eigenvalue weighted by molar-refractivity contribution is -0.137. The Labute approximate surface area is 303 Å². The maximum absolute atomic E-state index is 13.0. The van der Waals surface area contributed by atoms with Gasteiger partial charge in [-0.1, -0.05) is 51.2 Å². The van der Waals surface area contributed by atoms with Crippen LogP contribution in [-0.2, 0) is 33.6 Å². The smallest absolute Gasteiger partial charge is 0.312 e. The first-order valence-electron chi connectivity index (χ1n) is 16.8. The first-order valence-corrected chi connectivity index (χ1v) is 18.0. The van der Waals surface area contributed by atoms with Crippen molar-refractivity contribution in [3.05, 3.63) is 36.1 Å². The van der Waals surface area contributed by atoms with E-state index in [1.807, 2.05) is 0 Å². The van der Waals surface area contributed by atoms with Gasteiger partial charge in [0.25, 0.3) is 5.91 Å². The van der Waals surface area contributed by atoms with Gasteiger partial charge in [0, 0.05) is 36.5 Å². The number of hydrogen-bond acceptors (Lipinski definition) is 9. The third-order valence-electron chi connectivity index (χ3n) is 6.84. The van der Waals surface area contributed by atoms with E-state index in [1.165, 1.54) is 12.2 Å². The van der Waals surface area contributed by atoms with Gasteiger partial charge in [0.1, 0.15) is 6.04 Å². The molecular formula is C33H54N8O9S. The third kappa shape index (κ3) is 25.7. The molecule has 0 fully saturated rings. The van der Waals surface area contributed by atoms with E-state index in [9.17, 15) is 38.4 Å². The molecule has 0 heterocycles. The molecule has 17 nitrogen and oxygen atoms in total. The van der Waals surface area contributed by atoms with Gasteiger partial charge in [0.15, 0.2) is 0 Å². The zero-order valence-electron chi connectivity index (χ0n) is 29.5. The number of unbranched alkanes of at least 4 members (excludes halogenated alkanes) is 7. The molecule has 51 heavy (non-hydrogen) atoms. The second-order valence-electron chi connectivity index (χ2n) is 11.1. The van der Waals surface area contributed by atoms with Crippen molar-refractivity contribution in [2.75, 3.05) is 44.2 Å². The van der Waals surface area contributed by atoms with Crippen molar-refractivity contribution in [3.63, 3.8) is 0 Å². The summed E-state index contributed by atoms with van der Waals surface area (Å²) in [6.07, 6.45) is 12.0. The minimum absolute atomic E-state index is 0.0632. The summed E-state index contributed by atoms with van der Waals surface area (Å²) in [6, 6.07) is -2.13. The first-order chi connectivity index (χ1) is 24.3. The van der Waals surface area contributed by atoms with Crippen LogP contribution in [-0.4, -0.2) is 103 Å². The maximum atomic E-state index is 13.0. The molecule has 0 saturated heterocycles. The summed E-state index contributed by atoms with van der Waals surface area (Å²) in [6.45, 7) is 6.92. The molecule has 8 amide bonds. The molecule has 10 N–H and O–H groups in total. The zero-order chi connectivity index (χ0) is 38.4. The Kier molecular flexibility index (Phi) is 26.2. The quantitative estimate of drug-likeness (QED) is 0.0297. The van der Waals surface area contributed by atoms with Crippen LogP contribution in [0, 0.1) is 0 Å². The number of carboxylic acid groups (broad SMARTS) is 1. The van der Waals surface area contributed by atoms with Crippen molar-refractivity contribution in [1.29, 1.82) is 0 Å². The predicted molar refractivity (Wildman–Crippen MR) is 194 cm³/mol. The van der Waals surface area contributed by atoms with Gasteiger partial charge in [-0.05, 0) is 38.8 Å².